The van der Waals surface area contributed by atoms with E-state index in [0.29, 0.717) is 11.8 Å². The normalized spacial score (nSPS) is 13.2. The summed E-state index contributed by atoms with van der Waals surface area (Å²) in [5.74, 6) is 2.71. The van der Waals surface area contributed by atoms with Crippen molar-refractivity contribution in [2.45, 2.75) is 77.6 Å². The first-order valence-corrected chi connectivity index (χ1v) is 24.9. The predicted octanol–water partition coefficient (Wildman–Crippen LogP) is 18.5. The minimum absolute atomic E-state index is 0.0777. The SMILES string of the molecule is CCC(CC(C)c1ccc(-c2ccc3c(c2)c2cc(-c4ccc(N(c5ccccc5)c5ccccc5)cc4)ccc2n3-c2ccc(C(C)(C)C)cc2)cc1)c1ccc(Oc2ccc3c(c2)CC3)cc1. The summed E-state index contributed by atoms with van der Waals surface area (Å²) >= 11 is 0. The fourth-order valence-electron chi connectivity index (χ4n) is 10.5. The number of rotatable bonds is 13. The van der Waals surface area contributed by atoms with E-state index in [1.165, 1.54) is 84.0 Å². The van der Waals surface area contributed by atoms with Crippen molar-refractivity contribution in [1.82, 2.24) is 4.57 Å². The third-order valence-corrected chi connectivity index (χ3v) is 14.6. The molecule has 10 aromatic rings. The topological polar surface area (TPSA) is 17.4 Å². The second-order valence-corrected chi connectivity index (χ2v) is 20.1. The standard InChI is InChI=1S/C66H60N2O/c1-6-46(48-25-36-60(37-26-48)69-61-38-27-50-21-22-52(50)42-61)41-45(2)47-17-19-49(20-18-47)53-28-39-64-62(43-53)63-44-54(29-40-65(63)68(64)59-34-30-55(31-35-59)66(3,4)5)51-23-32-58(33-24-51)67(56-13-9-7-10-14-56)57-15-11-8-12-16-57/h7-20,23-40,42-46H,6,21-22,41H2,1-5H3. The van der Waals surface area contributed by atoms with E-state index in [1.807, 2.05) is 0 Å². The maximum atomic E-state index is 6.25. The van der Waals surface area contributed by atoms with Crippen LogP contribution in [-0.2, 0) is 18.3 Å². The molecule has 1 aromatic heterocycles. The van der Waals surface area contributed by atoms with Gasteiger partial charge in [-0.15, -0.1) is 0 Å². The van der Waals surface area contributed by atoms with Gasteiger partial charge in [0.05, 0.1) is 11.0 Å². The molecular formula is C66H60N2O. The molecule has 0 radical (unpaired) electrons. The molecule has 0 saturated carbocycles. The fraction of sp³-hybridized carbons (Fsp3) is 0.182. The van der Waals surface area contributed by atoms with E-state index < -0.39 is 0 Å². The van der Waals surface area contributed by atoms with Crippen LogP contribution >= 0.6 is 0 Å². The van der Waals surface area contributed by atoms with E-state index in [0.717, 1.165) is 47.8 Å². The summed E-state index contributed by atoms with van der Waals surface area (Å²) in [6.07, 6.45) is 4.53. The first-order chi connectivity index (χ1) is 33.7. The van der Waals surface area contributed by atoms with Gasteiger partial charge >= 0.3 is 0 Å². The molecule has 3 nitrogen and oxygen atoms in total. The van der Waals surface area contributed by atoms with Crippen LogP contribution in [0.1, 0.15) is 87.1 Å². The summed E-state index contributed by atoms with van der Waals surface area (Å²) in [5, 5.41) is 2.49. The number of hydrogen-bond donors (Lipinski definition) is 0. The lowest BCUT2D eigenvalue weighted by Gasteiger charge is -2.25. The highest BCUT2D eigenvalue weighted by Crippen LogP contribution is 2.41. The monoisotopic (exact) mass is 896 g/mol. The Morgan fingerprint density at radius 1 is 0.493 bits per heavy atom. The van der Waals surface area contributed by atoms with Crippen LogP contribution in [0.15, 0.2) is 212 Å². The lowest BCUT2D eigenvalue weighted by atomic mass is 9.84. The number of aromatic nitrogens is 1. The zero-order chi connectivity index (χ0) is 47.1. The van der Waals surface area contributed by atoms with Gasteiger partial charge in [-0.1, -0.05) is 150 Å². The van der Waals surface area contributed by atoms with Gasteiger partial charge in [-0.2, -0.15) is 0 Å². The van der Waals surface area contributed by atoms with Crippen molar-refractivity contribution in [2.24, 2.45) is 0 Å². The zero-order valence-corrected chi connectivity index (χ0v) is 40.5. The van der Waals surface area contributed by atoms with Crippen molar-refractivity contribution < 1.29 is 4.74 Å². The summed E-state index contributed by atoms with van der Waals surface area (Å²) in [5.41, 5.74) is 18.8. The minimum atomic E-state index is 0.0777. The van der Waals surface area contributed by atoms with Gasteiger partial charge in [0, 0.05) is 33.5 Å². The lowest BCUT2D eigenvalue weighted by molar-refractivity contribution is 0.479. The fourth-order valence-corrected chi connectivity index (χ4v) is 10.5. The molecule has 3 heteroatoms. The zero-order valence-electron chi connectivity index (χ0n) is 40.5. The highest BCUT2D eigenvalue weighted by Gasteiger charge is 2.20. The van der Waals surface area contributed by atoms with Crippen LogP contribution in [0.5, 0.6) is 11.5 Å². The molecule has 1 heterocycles. The Kier molecular flexibility index (Phi) is 11.8. The van der Waals surface area contributed by atoms with Crippen molar-refractivity contribution in [3.05, 3.63) is 240 Å². The number of ether oxygens (including phenoxy) is 1. The van der Waals surface area contributed by atoms with Gasteiger partial charge in [0.1, 0.15) is 11.5 Å². The van der Waals surface area contributed by atoms with E-state index in [9.17, 15) is 0 Å². The van der Waals surface area contributed by atoms with Gasteiger partial charge < -0.3 is 14.2 Å². The van der Waals surface area contributed by atoms with Crippen LogP contribution in [0.4, 0.5) is 17.1 Å². The number of hydrogen-bond acceptors (Lipinski definition) is 2. The summed E-state index contributed by atoms with van der Waals surface area (Å²) in [6, 6.07) is 78.0. The molecule has 2 atom stereocenters. The maximum Gasteiger partial charge on any atom is 0.127 e. The first-order valence-electron chi connectivity index (χ1n) is 24.9. The van der Waals surface area contributed by atoms with Gasteiger partial charge in [-0.05, 0) is 190 Å². The van der Waals surface area contributed by atoms with Crippen molar-refractivity contribution >= 4 is 38.9 Å². The molecule has 2 unspecified atom stereocenters. The van der Waals surface area contributed by atoms with E-state index in [4.69, 9.17) is 4.74 Å². The van der Waals surface area contributed by atoms with Crippen molar-refractivity contribution in [3.8, 4) is 39.4 Å². The summed E-state index contributed by atoms with van der Waals surface area (Å²) < 4.78 is 8.69. The molecule has 0 fully saturated rings. The molecule has 0 bridgehead atoms. The first kappa shape index (κ1) is 43.9. The molecule has 0 amide bonds. The van der Waals surface area contributed by atoms with Crippen LogP contribution < -0.4 is 9.64 Å². The highest BCUT2D eigenvalue weighted by atomic mass is 16.5. The third kappa shape index (κ3) is 8.86. The number of fused-ring (bicyclic) bond motifs is 4. The van der Waals surface area contributed by atoms with Gasteiger partial charge in [-0.3, -0.25) is 0 Å². The van der Waals surface area contributed by atoms with Gasteiger partial charge in [0.15, 0.2) is 0 Å². The third-order valence-electron chi connectivity index (χ3n) is 14.6. The largest absolute Gasteiger partial charge is 0.457 e. The van der Waals surface area contributed by atoms with Crippen LogP contribution in [0.2, 0.25) is 0 Å². The number of para-hydroxylation sites is 2. The van der Waals surface area contributed by atoms with E-state index in [-0.39, 0.29) is 5.41 Å². The molecule has 1 aliphatic rings. The van der Waals surface area contributed by atoms with Crippen molar-refractivity contribution in [2.75, 3.05) is 4.90 Å². The van der Waals surface area contributed by atoms with Gasteiger partial charge in [0.2, 0.25) is 0 Å². The highest BCUT2D eigenvalue weighted by molar-refractivity contribution is 6.11. The van der Waals surface area contributed by atoms with E-state index in [1.54, 1.807) is 0 Å². The molecule has 9 aromatic carbocycles. The van der Waals surface area contributed by atoms with Crippen LogP contribution in [0, 0.1) is 0 Å². The van der Waals surface area contributed by atoms with Crippen molar-refractivity contribution in [1.29, 1.82) is 0 Å². The predicted molar refractivity (Wildman–Crippen MR) is 291 cm³/mol. The molecule has 1 aliphatic carbocycles. The van der Waals surface area contributed by atoms with Gasteiger partial charge in [-0.25, -0.2) is 0 Å². The van der Waals surface area contributed by atoms with E-state index in [2.05, 4.69) is 256 Å². The maximum absolute atomic E-state index is 6.25. The number of nitrogens with zero attached hydrogens (tertiary/aromatic N) is 2. The average molecular weight is 897 g/mol. The molecule has 0 saturated heterocycles. The Hall–Kier alpha value is -7.62. The van der Waals surface area contributed by atoms with Crippen LogP contribution in [0.25, 0.3) is 49.7 Å². The quantitative estimate of drug-likeness (QED) is 0.115. The van der Waals surface area contributed by atoms with Gasteiger partial charge in [0.25, 0.3) is 0 Å². The molecule has 11 rings (SSSR count). The Balaban J connectivity index is 0.884. The number of anilines is 3. The molecule has 0 spiro atoms. The molecule has 69 heavy (non-hydrogen) atoms. The van der Waals surface area contributed by atoms with Crippen LogP contribution in [0.3, 0.4) is 0 Å². The molecule has 0 N–H and O–H groups in total. The molecule has 0 aliphatic heterocycles. The smallest absolute Gasteiger partial charge is 0.127 e. The summed E-state index contributed by atoms with van der Waals surface area (Å²) in [6.45, 7) is 11.5. The average Bonchev–Trinajstić information content (AvgIpc) is 3.70. The molecular weight excluding hydrogens is 837 g/mol. The van der Waals surface area contributed by atoms with E-state index >= 15 is 0 Å². The van der Waals surface area contributed by atoms with Crippen molar-refractivity contribution in [3.63, 3.8) is 0 Å². The Bertz CT molecular complexity index is 3340. The second kappa shape index (κ2) is 18.5. The minimum Gasteiger partial charge on any atom is -0.457 e. The number of benzene rings is 9. The summed E-state index contributed by atoms with van der Waals surface area (Å²) in [4.78, 5) is 2.31. The Labute approximate surface area is 408 Å². The number of aryl methyl sites for hydroxylation is 2. The summed E-state index contributed by atoms with van der Waals surface area (Å²) in [7, 11) is 0. The Morgan fingerprint density at radius 3 is 1.52 bits per heavy atom. The Morgan fingerprint density at radius 2 is 1.00 bits per heavy atom. The molecule has 340 valence electrons. The second-order valence-electron chi connectivity index (χ2n) is 20.1. The lowest BCUT2D eigenvalue weighted by Crippen LogP contribution is -2.10. The van der Waals surface area contributed by atoms with Crippen LogP contribution in [-0.4, -0.2) is 4.57 Å².